The topological polar surface area (TPSA) is 65.3 Å². The second kappa shape index (κ2) is 282. The van der Waals surface area contributed by atoms with Crippen LogP contribution in [0.15, 0.2) is 20.0 Å². The van der Waals surface area contributed by atoms with Crippen molar-refractivity contribution >= 4 is 56.5 Å². The van der Waals surface area contributed by atoms with Crippen molar-refractivity contribution in [3.05, 3.63) is 125 Å². The quantitative estimate of drug-likeness (QED) is 0.145. The Morgan fingerprint density at radius 3 is 0.567 bits per heavy atom. The molecule has 8 heterocycles. The van der Waals surface area contributed by atoms with Crippen LogP contribution in [0.3, 0.4) is 0 Å². The number of nitrogens with zero attached hydrogens (tertiary/aromatic N) is 8. The molecular weight excluding hydrogens is 8010 g/mol. The van der Waals surface area contributed by atoms with Gasteiger partial charge >= 0.3 is 5.91 Å². The van der Waals surface area contributed by atoms with Gasteiger partial charge in [-0.15, -0.1) is 45.5 Å². The van der Waals surface area contributed by atoms with E-state index < -0.39 is 5.91 Å². The van der Waals surface area contributed by atoms with Crippen molar-refractivity contribution in [1.82, 2.24) is 9.13 Å². The average Bonchev–Trinajstić information content (AvgIpc) is 3.79. The fraction of sp³-hybridized carbons (Fsp3) is 0.256. The van der Waals surface area contributed by atoms with Crippen LogP contribution in [0.2, 0.25) is 0 Å². The van der Waals surface area contributed by atoms with Gasteiger partial charge in [-0.2, -0.15) is 42.2 Å². The first kappa shape index (κ1) is 482. The number of rotatable bonds is 0. The molecule has 134 heavy (non-hydrogen) atoms. The predicted octanol–water partition coefficient (Wildman–Crippen LogP) is 5.39. The van der Waals surface area contributed by atoms with Gasteiger partial charge in [0.15, 0.2) is 11.3 Å². The maximum Gasteiger partial charge on any atom is 0.352 e. The molecule has 1 atom stereocenters. The number of hydrogen-bond donors (Lipinski definition) is 0. The van der Waals surface area contributed by atoms with E-state index in [2.05, 4.69) is 124 Å². The van der Waals surface area contributed by atoms with E-state index in [0.717, 1.165) is 123 Å². The minimum Gasteiger partial charge on any atom is -0.253 e. The molecule has 83 radical (unpaired) electrons. The van der Waals surface area contributed by atoms with Crippen LogP contribution in [0.4, 0.5) is 11.6 Å². The van der Waals surface area contributed by atoms with E-state index in [1.807, 2.05) is 0 Å². The predicted molar refractivity (Wildman–Crippen MR) is 194 cm³/mol. The second-order valence-electron chi connectivity index (χ2n) is 15.0. The minimum absolute atomic E-state index is 0. The summed E-state index contributed by atoms with van der Waals surface area (Å²) in [5.74, 6) is 3.69. The molecule has 1 spiro atoms. The van der Waals surface area contributed by atoms with Gasteiger partial charge in [0.2, 0.25) is 0 Å². The van der Waals surface area contributed by atoms with Gasteiger partial charge in [0.25, 0.3) is 0 Å². The van der Waals surface area contributed by atoms with Crippen LogP contribution >= 0.6 is 0 Å². The summed E-state index contributed by atoms with van der Waals surface area (Å²) in [6, 6.07) is 22.5. The fourth-order valence-corrected chi connectivity index (χ4v) is 9.22. The molecule has 8 nitrogen and oxygen atoms in total. The monoisotopic (exact) mass is 8040 g/mol. The van der Waals surface area contributed by atoms with Crippen molar-refractivity contribution in [3.63, 3.8) is 0 Å². The van der Waals surface area contributed by atoms with E-state index in [0.29, 0.717) is 0 Å². The molecule has 91 heteroatoms. The normalized spacial score (nSPS) is 7.33. The molecule has 4 aromatic carbocycles. The minimum atomic E-state index is -1.11. The zero-order valence-electron chi connectivity index (χ0n) is 78.0. The first-order valence-electron chi connectivity index (χ1n) is 17.5. The number of benzene rings is 4. The van der Waals surface area contributed by atoms with Crippen molar-refractivity contribution < 1.29 is 2720 Å². The molecule has 0 bridgehead atoms. The van der Waals surface area contributed by atoms with E-state index in [-0.39, 0.29) is 2710 Å². The Hall–Kier alpha value is 85.9. The van der Waals surface area contributed by atoms with E-state index in [4.69, 9.17) is 20.0 Å². The smallest absolute Gasteiger partial charge is 0.253 e. The van der Waals surface area contributed by atoms with E-state index in [1.165, 1.54) is 22.3 Å². The van der Waals surface area contributed by atoms with Gasteiger partial charge in [0.05, 0.1) is 0 Å². The molecule has 0 amide bonds. The molecule has 12 rings (SSSR count). The number of hydrogen-bond acceptors (Lipinski definition) is 4. The van der Waals surface area contributed by atoms with Crippen LogP contribution in [-0.4, -0.2) is 41.6 Å². The Kier molecular flexibility index (Phi) is 1010. The Morgan fingerprint density at radius 2 is 0.351 bits per heavy atom. The van der Waals surface area contributed by atoms with Gasteiger partial charge in [0, 0.05) is 2710 Å². The van der Waals surface area contributed by atoms with E-state index in [9.17, 15) is 0 Å². The molecular formula is C43H30N8Y83-4. The average molecular weight is 8040 g/mol. The van der Waals surface area contributed by atoms with Crippen molar-refractivity contribution in [2.75, 3.05) is 0 Å². The standard InChI is InChI=1S/C43H30N8.83Y/c1-17-11-27-28(12-18(17)2)36-45-40-32-16-22(6)24(8)26(10)34(32)42-47-38-30-14-20(4)19(3)13-29(30)37-46-41-33-25(9)23(7)21(5)15-31(33)39-44-35(27)48(36)43(49(37)38,50(39)41)51(40)42;;;;;;;;;;;;;;;;;;;;;;;;;;;;;;;;;;;;;;;;;;;;;;;;;;;;;;;;;;;;;;;;;;;;;;;;;;;;;;;;;;;/h1-10H3;;;;;;;;;;;;;;;;;;;;;;;;;;;;;;;;;;;;;;;;;;;;;;;;;;;;;;;;;;;;;;;;;;;;;;;;;;;;;;;;;;;/q-4;;;;;;;;;;;;;;;;;;;;;;;;;;;;;;;;;;;;;;;;;;;;;;;;;;;;;;;;;;;;;;;;;;;;;;;;;;;;;;;;;;;. The summed E-state index contributed by atoms with van der Waals surface area (Å²) in [7, 11) is 0. The van der Waals surface area contributed by atoms with E-state index in [1.54, 1.807) is 0 Å². The fourth-order valence-electron chi connectivity index (χ4n) is 9.22. The van der Waals surface area contributed by atoms with Crippen molar-refractivity contribution in [1.29, 1.82) is 0 Å². The van der Waals surface area contributed by atoms with Gasteiger partial charge in [-0.05, 0) is 10.8 Å². The molecule has 1 unspecified atom stereocenters. The third kappa shape index (κ3) is 149. The summed E-state index contributed by atoms with van der Waals surface area (Å²) in [5, 5.41) is 4.02. The largest absolute Gasteiger partial charge is 0.352 e. The Bertz CT molecular complexity index is 3300. The zero-order chi connectivity index (χ0) is 34.9. The Labute approximate surface area is 2900 Å². The number of aliphatic imine (C=N–C) groups is 2. The van der Waals surface area contributed by atoms with Gasteiger partial charge in [-0.25, -0.2) is 55.7 Å². The Balaban J connectivity index is -0.00000000662. The molecule has 0 aliphatic carbocycles. The third-order valence-electron chi connectivity index (χ3n) is 12.5. The summed E-state index contributed by atoms with van der Waals surface area (Å²) < 4.78 is 9.25. The van der Waals surface area contributed by atoms with Crippen LogP contribution < -0.4 is 11.0 Å². The van der Waals surface area contributed by atoms with Crippen LogP contribution in [0.25, 0.3) is 21.5 Å². The summed E-state index contributed by atoms with van der Waals surface area (Å²) in [6.45, 7) is 21.4. The number of fused-ring (bicyclic) bond motifs is 12. The van der Waals surface area contributed by atoms with Crippen molar-refractivity contribution in [3.8, 4) is 0 Å². The molecule has 0 saturated carbocycles. The molecule has 2 aromatic heterocycles. The third-order valence-corrected chi connectivity index (χ3v) is 12.5. The summed E-state index contributed by atoms with van der Waals surface area (Å²) in [4.78, 5) is 22.3. The summed E-state index contributed by atoms with van der Waals surface area (Å²) in [5.41, 5.74) is 16.4. The van der Waals surface area contributed by atoms with Gasteiger partial charge in [-0.3, -0.25) is 9.15 Å². The molecule has 6 aromatic rings. The van der Waals surface area contributed by atoms with E-state index >= 15 is 0 Å². The molecule has 0 saturated heterocycles. The van der Waals surface area contributed by atoms with Crippen LogP contribution in [-0.2, 0) is 2720 Å². The van der Waals surface area contributed by atoms with Crippen LogP contribution in [0.5, 0.6) is 0 Å². The van der Waals surface area contributed by atoms with Crippen LogP contribution in [0.1, 0.15) is 77.9 Å². The number of amidine groups is 4. The number of aryl methyl sites for hydroxylation is 8. The maximum atomic E-state index is 5.60. The molecule has 6 aliphatic heterocycles. The molecule has 0 N–H and O–H groups in total. The second-order valence-corrected chi connectivity index (χ2v) is 15.0. The van der Waals surface area contributed by atoms with Gasteiger partial charge < -0.3 is 0 Å². The molecule has 6 aliphatic rings. The first-order chi connectivity index (χ1) is 24.4. The van der Waals surface area contributed by atoms with Gasteiger partial charge in [0.1, 0.15) is 34.6 Å². The Morgan fingerprint density at radius 1 is 0.172 bits per heavy atom. The van der Waals surface area contributed by atoms with Gasteiger partial charge in [-0.1, -0.05) is 80.0 Å². The van der Waals surface area contributed by atoms with Crippen molar-refractivity contribution in [2.24, 2.45) is 20.0 Å². The van der Waals surface area contributed by atoms with Crippen molar-refractivity contribution in [2.45, 2.75) is 75.1 Å². The molecule has 495 valence electrons. The summed E-state index contributed by atoms with van der Waals surface area (Å²) >= 11 is 0. The zero-order valence-corrected chi connectivity index (χ0v) is 314. The maximum absolute atomic E-state index is 5.60. The number of aromatic nitrogens is 2. The molecule has 0 fully saturated rings. The first-order valence-corrected chi connectivity index (χ1v) is 17.5. The summed E-state index contributed by atoms with van der Waals surface area (Å²) in [6.07, 6.45) is 0. The van der Waals surface area contributed by atoms with Crippen LogP contribution in [0, 0.1) is 106 Å². The SMILES string of the molecule is Cc1[c-]c2c([c-]c1C)C1=[N+]3C2=Nc2c4[c-]c(C)c(C)c(C)c4c4n2C32n3c(c5[c-]c(C)c(C)c(C)c5c3=NC3=[N+]2C(=N4)c2[c-]c(C)c(C)[c-]c23)=N1.[Y].[Y].[Y].[Y].[Y].[Y].[Y].[Y].[Y].[Y].[Y].[Y].[Y].[Y].[Y].[Y].[Y].[Y].[Y].[Y].[Y].[Y].[Y].[Y].[Y].[Y].[Y].[Y].[Y].[Y].[Y].[Y].[Y].[Y].[Y].[Y].[Y].[Y].[Y].[Y].[Y].[Y].[Y].[Y].[Y].[Y].[Y].[Y].[Y].[Y].[Y].[Y].[Y].[Y].[Y].[Y].[Y].[Y].[Y].[Y].[Y].[Y].[Y].[Y].[Y].[Y].[Y].[Y].[Y].[Y].[Y].[Y].[Y].[Y].[Y].[Y].[Y].[Y].[Y].[Y].[Y].[Y].[Y].